The van der Waals surface area contributed by atoms with E-state index in [1.807, 2.05) is 4.90 Å². The second kappa shape index (κ2) is 5.32. The maximum atomic E-state index is 13.6. The van der Waals surface area contributed by atoms with Crippen molar-refractivity contribution < 1.29 is 4.39 Å². The first-order valence-corrected chi connectivity index (χ1v) is 6.82. The Hall–Kier alpha value is -0.350. The van der Waals surface area contributed by atoms with Gasteiger partial charge in [-0.15, -0.1) is 0 Å². The van der Waals surface area contributed by atoms with Crippen molar-refractivity contribution in [3.63, 3.8) is 0 Å². The van der Waals surface area contributed by atoms with Crippen molar-refractivity contribution in [3.05, 3.63) is 23.1 Å². The summed E-state index contributed by atoms with van der Waals surface area (Å²) in [6, 6.07) is 1.32. The molecule has 0 spiro atoms. The van der Waals surface area contributed by atoms with Gasteiger partial charge in [0.2, 0.25) is 0 Å². The zero-order valence-corrected chi connectivity index (χ0v) is 11.1. The van der Waals surface area contributed by atoms with Crippen LogP contribution < -0.4 is 4.90 Å². The minimum atomic E-state index is -0.327. The van der Waals surface area contributed by atoms with E-state index in [9.17, 15) is 4.39 Å². The highest BCUT2D eigenvalue weighted by atomic mass is 79.9. The van der Waals surface area contributed by atoms with Gasteiger partial charge in [-0.3, -0.25) is 0 Å². The van der Waals surface area contributed by atoms with Gasteiger partial charge in [0.05, 0.1) is 5.02 Å². The van der Waals surface area contributed by atoms with Crippen molar-refractivity contribution >= 4 is 33.3 Å². The summed E-state index contributed by atoms with van der Waals surface area (Å²) in [4.78, 5) is 6.06. The summed E-state index contributed by atoms with van der Waals surface area (Å²) in [5, 5.41) is 1.35. The van der Waals surface area contributed by atoms with Crippen LogP contribution in [0.3, 0.4) is 0 Å². The molecule has 0 saturated carbocycles. The fraction of sp³-hybridized carbons (Fsp3) is 0.545. The predicted octanol–water partition coefficient (Wildman–Crippen LogP) is 3.49. The van der Waals surface area contributed by atoms with E-state index in [1.165, 1.54) is 12.3 Å². The number of aromatic nitrogens is 1. The molecule has 0 aromatic carbocycles. The summed E-state index contributed by atoms with van der Waals surface area (Å²) in [7, 11) is 0. The van der Waals surface area contributed by atoms with E-state index < -0.39 is 0 Å². The molecule has 1 aliphatic rings. The topological polar surface area (TPSA) is 16.1 Å². The van der Waals surface area contributed by atoms with Crippen LogP contribution in [0.2, 0.25) is 5.02 Å². The highest BCUT2D eigenvalue weighted by Gasteiger charge is 2.24. The van der Waals surface area contributed by atoms with Crippen molar-refractivity contribution in [3.8, 4) is 0 Å². The van der Waals surface area contributed by atoms with E-state index in [4.69, 9.17) is 11.6 Å². The monoisotopic (exact) mass is 306 g/mol. The number of halogens is 3. The Labute approximate surface area is 108 Å². The molecule has 2 nitrogen and oxygen atoms in total. The molecule has 1 aliphatic heterocycles. The third-order valence-electron chi connectivity index (χ3n) is 2.89. The summed E-state index contributed by atoms with van der Waals surface area (Å²) in [5.41, 5.74) is 0. The summed E-state index contributed by atoms with van der Waals surface area (Å²) in [5.74, 6) is 0.740. The molecule has 0 radical (unpaired) electrons. The smallest absolute Gasteiger partial charge is 0.167 e. The van der Waals surface area contributed by atoms with Crippen LogP contribution in [0.1, 0.15) is 12.8 Å². The van der Waals surface area contributed by atoms with Gasteiger partial charge < -0.3 is 4.90 Å². The average Bonchev–Trinajstić information content (AvgIpc) is 2.67. The normalized spacial score (nSPS) is 20.4. The van der Waals surface area contributed by atoms with Gasteiger partial charge in [-0.25, -0.2) is 9.37 Å². The van der Waals surface area contributed by atoms with Crippen LogP contribution in [0.15, 0.2) is 12.3 Å². The lowest BCUT2D eigenvalue weighted by atomic mass is 10.1. The van der Waals surface area contributed by atoms with E-state index in [0.29, 0.717) is 16.8 Å². The van der Waals surface area contributed by atoms with E-state index in [1.54, 1.807) is 0 Å². The second-order valence-electron chi connectivity index (χ2n) is 4.04. The van der Waals surface area contributed by atoms with Crippen molar-refractivity contribution in [2.45, 2.75) is 12.8 Å². The second-order valence-corrected chi connectivity index (χ2v) is 5.27. The molecule has 88 valence electrons. The Morgan fingerprint density at radius 2 is 2.44 bits per heavy atom. The maximum Gasteiger partial charge on any atom is 0.167 e. The Kier molecular flexibility index (Phi) is 4.03. The van der Waals surface area contributed by atoms with Crippen LogP contribution in [-0.4, -0.2) is 23.4 Å². The zero-order valence-electron chi connectivity index (χ0n) is 8.80. The first-order valence-electron chi connectivity index (χ1n) is 5.32. The van der Waals surface area contributed by atoms with Crippen molar-refractivity contribution in [1.82, 2.24) is 4.98 Å². The average molecular weight is 308 g/mol. The maximum absolute atomic E-state index is 13.6. The molecule has 1 fully saturated rings. The van der Waals surface area contributed by atoms with Crippen molar-refractivity contribution in [2.24, 2.45) is 5.92 Å². The zero-order chi connectivity index (χ0) is 11.5. The lowest BCUT2D eigenvalue weighted by molar-refractivity contribution is 0.572. The molecule has 1 unspecified atom stereocenters. The van der Waals surface area contributed by atoms with Crippen LogP contribution in [0.4, 0.5) is 10.2 Å². The minimum Gasteiger partial charge on any atom is -0.354 e. The van der Waals surface area contributed by atoms with Crippen LogP contribution in [-0.2, 0) is 0 Å². The number of rotatable bonds is 3. The molecular weight excluding hydrogens is 294 g/mol. The van der Waals surface area contributed by atoms with Crippen molar-refractivity contribution in [2.75, 3.05) is 23.3 Å². The minimum absolute atomic E-state index is 0.327. The van der Waals surface area contributed by atoms with Gasteiger partial charge in [0, 0.05) is 24.6 Å². The molecule has 16 heavy (non-hydrogen) atoms. The van der Waals surface area contributed by atoms with Crippen LogP contribution >= 0.6 is 27.5 Å². The molecule has 1 atom stereocenters. The van der Waals surface area contributed by atoms with E-state index >= 15 is 0 Å². The van der Waals surface area contributed by atoms with Gasteiger partial charge in [0.15, 0.2) is 11.6 Å². The summed E-state index contributed by atoms with van der Waals surface area (Å²) >= 11 is 9.11. The number of anilines is 1. The third kappa shape index (κ3) is 2.66. The van der Waals surface area contributed by atoms with Gasteiger partial charge >= 0.3 is 0 Å². The first kappa shape index (κ1) is 12.1. The van der Waals surface area contributed by atoms with E-state index in [2.05, 4.69) is 20.9 Å². The predicted molar refractivity (Wildman–Crippen MR) is 67.9 cm³/mol. The Morgan fingerprint density at radius 3 is 3.12 bits per heavy atom. The molecule has 5 heteroatoms. The quantitative estimate of drug-likeness (QED) is 0.795. The largest absolute Gasteiger partial charge is 0.354 e. The van der Waals surface area contributed by atoms with Gasteiger partial charge in [0.1, 0.15) is 0 Å². The fourth-order valence-electron chi connectivity index (χ4n) is 2.06. The molecule has 1 aromatic rings. The molecular formula is C11H13BrClFN2. The highest BCUT2D eigenvalue weighted by molar-refractivity contribution is 9.09. The summed E-state index contributed by atoms with van der Waals surface area (Å²) in [6.07, 6.45) is 3.73. The SMILES string of the molecule is Fc1cc(Cl)cnc1N1CCC(CCBr)C1. The fourth-order valence-corrected chi connectivity index (χ4v) is 2.85. The van der Waals surface area contributed by atoms with Gasteiger partial charge in [-0.2, -0.15) is 0 Å². The van der Waals surface area contributed by atoms with Gasteiger partial charge in [-0.1, -0.05) is 27.5 Å². The Balaban J connectivity index is 2.08. The molecule has 0 N–H and O–H groups in total. The number of hydrogen-bond donors (Lipinski definition) is 0. The first-order chi connectivity index (χ1) is 7.70. The third-order valence-corrected chi connectivity index (χ3v) is 3.56. The van der Waals surface area contributed by atoms with E-state index in [-0.39, 0.29) is 5.82 Å². The van der Waals surface area contributed by atoms with Crippen molar-refractivity contribution in [1.29, 1.82) is 0 Å². The Morgan fingerprint density at radius 1 is 1.62 bits per heavy atom. The summed E-state index contributed by atoms with van der Waals surface area (Å²) < 4.78 is 13.6. The standard InChI is InChI=1S/C11H13BrClFN2/c12-3-1-8-2-4-16(7-8)11-10(14)5-9(13)6-15-11/h5-6,8H,1-4,7H2. The van der Waals surface area contributed by atoms with Crippen LogP contribution in [0, 0.1) is 11.7 Å². The molecule has 0 bridgehead atoms. The number of hydrogen-bond acceptors (Lipinski definition) is 2. The van der Waals surface area contributed by atoms with Gasteiger partial charge in [0.25, 0.3) is 0 Å². The molecule has 1 aromatic heterocycles. The van der Waals surface area contributed by atoms with Crippen LogP contribution in [0.5, 0.6) is 0 Å². The molecule has 0 amide bonds. The highest BCUT2D eigenvalue weighted by Crippen LogP contribution is 2.27. The lowest BCUT2D eigenvalue weighted by Crippen LogP contribution is -2.22. The van der Waals surface area contributed by atoms with Gasteiger partial charge in [-0.05, 0) is 24.8 Å². The van der Waals surface area contributed by atoms with E-state index in [0.717, 1.165) is 31.3 Å². The molecule has 2 heterocycles. The molecule has 1 saturated heterocycles. The number of nitrogens with zero attached hydrogens (tertiary/aromatic N) is 2. The van der Waals surface area contributed by atoms with Crippen LogP contribution in [0.25, 0.3) is 0 Å². The summed E-state index contributed by atoms with van der Waals surface area (Å²) in [6.45, 7) is 1.76. The molecule has 2 rings (SSSR count). The number of pyridine rings is 1. The molecule has 0 aliphatic carbocycles. The Bertz CT molecular complexity index is 375. The lowest BCUT2D eigenvalue weighted by Gasteiger charge is -2.17. The number of alkyl halides is 1.